The van der Waals surface area contributed by atoms with Crippen LogP contribution in [0.5, 0.6) is 5.75 Å². The van der Waals surface area contributed by atoms with Gasteiger partial charge in [0.25, 0.3) is 0 Å². The fourth-order valence-corrected chi connectivity index (χ4v) is 2.12. The third-order valence-corrected chi connectivity index (χ3v) is 3.23. The lowest BCUT2D eigenvalue weighted by Crippen LogP contribution is -1.96. The van der Waals surface area contributed by atoms with Gasteiger partial charge in [0.2, 0.25) is 0 Å². The average Bonchev–Trinajstić information content (AvgIpc) is 2.46. The summed E-state index contributed by atoms with van der Waals surface area (Å²) < 4.78 is 19.3. The Hall–Kier alpha value is -2.12. The molecule has 2 aromatic rings. The molecule has 0 atom stereocenters. The topological polar surface area (TPSA) is 33.0 Å². The van der Waals surface area contributed by atoms with E-state index in [9.17, 15) is 4.39 Å². The molecule has 0 aromatic heterocycles. The lowest BCUT2D eigenvalue weighted by Gasteiger charge is -2.09. The molecule has 0 saturated carbocycles. The first-order valence-electron chi connectivity index (χ1n) is 5.92. The van der Waals surface area contributed by atoms with Crippen molar-refractivity contribution in [2.24, 2.45) is 0 Å². The van der Waals surface area contributed by atoms with Crippen LogP contribution in [-0.2, 0) is 6.61 Å². The van der Waals surface area contributed by atoms with Crippen LogP contribution in [0.4, 0.5) is 4.39 Å². The molecular formula is C16H11BrFNO. The lowest BCUT2D eigenvalue weighted by molar-refractivity contribution is 0.304. The number of allylic oxidation sites excluding steroid dienone is 1. The largest absolute Gasteiger partial charge is 0.488 e. The van der Waals surface area contributed by atoms with Crippen molar-refractivity contribution in [1.29, 1.82) is 5.26 Å². The maximum atomic E-state index is 12.8. The van der Waals surface area contributed by atoms with Crippen molar-refractivity contribution in [1.82, 2.24) is 0 Å². The van der Waals surface area contributed by atoms with Gasteiger partial charge >= 0.3 is 0 Å². The number of benzene rings is 2. The Kier molecular flexibility index (Phi) is 4.91. The van der Waals surface area contributed by atoms with Gasteiger partial charge in [0.05, 0.1) is 10.5 Å². The molecule has 0 unspecified atom stereocenters. The lowest BCUT2D eigenvalue weighted by atomic mass is 10.2. The van der Waals surface area contributed by atoms with E-state index in [1.807, 2.05) is 24.3 Å². The van der Waals surface area contributed by atoms with Crippen LogP contribution < -0.4 is 4.74 Å². The summed E-state index contributed by atoms with van der Waals surface area (Å²) in [5.74, 6) is 0.437. The van der Waals surface area contributed by atoms with Gasteiger partial charge < -0.3 is 4.74 Å². The molecule has 0 N–H and O–H groups in total. The standard InChI is InChI=1S/C16H11BrFNO/c17-15-10-12(2-1-9-19)5-8-16(15)20-11-13-3-6-14(18)7-4-13/h1-8,10H,11H2. The zero-order valence-corrected chi connectivity index (χ0v) is 12.1. The van der Waals surface area contributed by atoms with Gasteiger partial charge in [0.1, 0.15) is 18.2 Å². The molecule has 0 aliphatic carbocycles. The van der Waals surface area contributed by atoms with Gasteiger partial charge in [-0.2, -0.15) is 5.26 Å². The van der Waals surface area contributed by atoms with Gasteiger partial charge in [-0.1, -0.05) is 18.2 Å². The van der Waals surface area contributed by atoms with Crippen molar-refractivity contribution in [2.45, 2.75) is 6.61 Å². The molecule has 0 spiro atoms. The second kappa shape index (κ2) is 6.88. The van der Waals surface area contributed by atoms with Crippen LogP contribution in [0.3, 0.4) is 0 Å². The van der Waals surface area contributed by atoms with Gasteiger partial charge in [0.15, 0.2) is 0 Å². The van der Waals surface area contributed by atoms with E-state index in [1.54, 1.807) is 18.2 Å². The van der Waals surface area contributed by atoms with E-state index in [4.69, 9.17) is 10.00 Å². The molecule has 4 heteroatoms. The minimum Gasteiger partial charge on any atom is -0.488 e. The van der Waals surface area contributed by atoms with Crippen molar-refractivity contribution >= 4 is 22.0 Å². The van der Waals surface area contributed by atoms with Crippen LogP contribution in [-0.4, -0.2) is 0 Å². The van der Waals surface area contributed by atoms with Crippen LogP contribution in [0.2, 0.25) is 0 Å². The summed E-state index contributed by atoms with van der Waals surface area (Å²) in [4.78, 5) is 0. The van der Waals surface area contributed by atoms with Crippen LogP contribution in [0.1, 0.15) is 11.1 Å². The van der Waals surface area contributed by atoms with E-state index in [-0.39, 0.29) is 5.82 Å². The maximum Gasteiger partial charge on any atom is 0.134 e. The number of ether oxygens (including phenoxy) is 1. The highest BCUT2D eigenvalue weighted by Crippen LogP contribution is 2.27. The maximum absolute atomic E-state index is 12.8. The molecule has 20 heavy (non-hydrogen) atoms. The van der Waals surface area contributed by atoms with Gasteiger partial charge in [-0.15, -0.1) is 0 Å². The van der Waals surface area contributed by atoms with Gasteiger partial charge in [-0.25, -0.2) is 4.39 Å². The third kappa shape index (κ3) is 3.94. The number of rotatable bonds is 4. The van der Waals surface area contributed by atoms with Crippen molar-refractivity contribution in [3.63, 3.8) is 0 Å². The Morgan fingerprint density at radius 3 is 2.60 bits per heavy atom. The SMILES string of the molecule is N#CC=Cc1ccc(OCc2ccc(F)cc2)c(Br)c1. The number of hydrogen-bond acceptors (Lipinski definition) is 2. The molecule has 100 valence electrons. The normalized spacial score (nSPS) is 10.4. The first-order valence-corrected chi connectivity index (χ1v) is 6.71. The molecule has 2 aromatic carbocycles. The van der Waals surface area contributed by atoms with E-state index < -0.39 is 0 Å². The summed E-state index contributed by atoms with van der Waals surface area (Å²) in [6.07, 6.45) is 3.13. The molecule has 0 aliphatic heterocycles. The Morgan fingerprint density at radius 1 is 1.20 bits per heavy atom. The van der Waals surface area contributed by atoms with Gasteiger partial charge in [0, 0.05) is 6.08 Å². The average molecular weight is 332 g/mol. The fraction of sp³-hybridized carbons (Fsp3) is 0.0625. The Balaban J connectivity index is 2.05. The molecular weight excluding hydrogens is 321 g/mol. The monoisotopic (exact) mass is 331 g/mol. The smallest absolute Gasteiger partial charge is 0.134 e. The quantitative estimate of drug-likeness (QED) is 0.760. The minimum absolute atomic E-state index is 0.261. The highest BCUT2D eigenvalue weighted by molar-refractivity contribution is 9.10. The second-order valence-corrected chi connectivity index (χ2v) is 4.92. The number of nitriles is 1. The van der Waals surface area contributed by atoms with E-state index in [0.29, 0.717) is 12.4 Å². The fourth-order valence-electron chi connectivity index (χ4n) is 1.61. The summed E-state index contributed by atoms with van der Waals surface area (Å²) in [6.45, 7) is 0.367. The molecule has 0 fully saturated rings. The van der Waals surface area contributed by atoms with E-state index in [2.05, 4.69) is 15.9 Å². The van der Waals surface area contributed by atoms with Gasteiger partial charge in [-0.05, 0) is 57.4 Å². The number of halogens is 2. The first kappa shape index (κ1) is 14.3. The van der Waals surface area contributed by atoms with E-state index in [1.165, 1.54) is 18.2 Å². The van der Waals surface area contributed by atoms with E-state index >= 15 is 0 Å². The Labute approximate surface area is 125 Å². The van der Waals surface area contributed by atoms with Crippen molar-refractivity contribution in [3.05, 3.63) is 70.0 Å². The number of nitrogens with zero attached hydrogens (tertiary/aromatic N) is 1. The number of hydrogen-bond donors (Lipinski definition) is 0. The van der Waals surface area contributed by atoms with E-state index in [0.717, 1.165) is 15.6 Å². The summed E-state index contributed by atoms with van der Waals surface area (Å²) >= 11 is 3.42. The van der Waals surface area contributed by atoms with Crippen LogP contribution in [0.25, 0.3) is 6.08 Å². The molecule has 2 nitrogen and oxygen atoms in total. The predicted octanol–water partition coefficient (Wildman–Crippen LogP) is 4.70. The van der Waals surface area contributed by atoms with Crippen molar-refractivity contribution < 1.29 is 9.13 Å². The van der Waals surface area contributed by atoms with Crippen LogP contribution in [0, 0.1) is 17.1 Å². The molecule has 0 radical (unpaired) electrons. The van der Waals surface area contributed by atoms with Crippen LogP contribution >= 0.6 is 15.9 Å². The Bertz CT molecular complexity index is 659. The summed E-state index contributed by atoms with van der Waals surface area (Å²) in [7, 11) is 0. The summed E-state index contributed by atoms with van der Waals surface area (Å²) in [6, 6.07) is 13.7. The molecule has 2 rings (SSSR count). The first-order chi connectivity index (χ1) is 9.69. The molecule has 0 saturated heterocycles. The zero-order chi connectivity index (χ0) is 14.4. The van der Waals surface area contributed by atoms with Crippen LogP contribution in [0.15, 0.2) is 53.0 Å². The zero-order valence-electron chi connectivity index (χ0n) is 10.5. The third-order valence-electron chi connectivity index (χ3n) is 2.61. The van der Waals surface area contributed by atoms with Gasteiger partial charge in [-0.3, -0.25) is 0 Å². The molecule has 0 bridgehead atoms. The summed E-state index contributed by atoms with van der Waals surface area (Å²) in [5, 5.41) is 8.48. The predicted molar refractivity (Wildman–Crippen MR) is 79.5 cm³/mol. The van der Waals surface area contributed by atoms with Crippen molar-refractivity contribution in [3.8, 4) is 11.8 Å². The van der Waals surface area contributed by atoms with Crippen molar-refractivity contribution in [2.75, 3.05) is 0 Å². The second-order valence-electron chi connectivity index (χ2n) is 4.07. The highest BCUT2D eigenvalue weighted by Gasteiger charge is 2.02. The minimum atomic E-state index is -0.261. The molecule has 0 amide bonds. The summed E-state index contributed by atoms with van der Waals surface area (Å²) in [5.41, 5.74) is 1.80. The Morgan fingerprint density at radius 2 is 1.95 bits per heavy atom. The molecule has 0 heterocycles. The highest BCUT2D eigenvalue weighted by atomic mass is 79.9. The molecule has 0 aliphatic rings.